The van der Waals surface area contributed by atoms with E-state index in [1.165, 1.54) is 5.69 Å². The standard InChI is InChI=1S/C9H12NO2.C7H10N.C3H6O2.2CH4/c1-3-9(11)12-8-6-4-5-7-10(8)2;1-7-5-3-4-6-8(7)2;1-2-3(4)5;;/h4-7H,3H2,1-2H3;3-6H,1-2H3;2H2,1H3,(H,4,5);2*1H4/q2*+1;;;. The lowest BCUT2D eigenvalue weighted by atomic mass is 10.4. The van der Waals surface area contributed by atoms with E-state index in [0.717, 1.165) is 0 Å². The molecule has 6 nitrogen and oxygen atoms in total. The zero-order valence-electron chi connectivity index (χ0n) is 15.6. The number of hydrogen-bond donors (Lipinski definition) is 1. The molecule has 2 heterocycles. The van der Waals surface area contributed by atoms with Crippen LogP contribution in [0.5, 0.6) is 5.88 Å². The molecule has 0 aliphatic carbocycles. The maximum atomic E-state index is 10.9. The molecule has 0 unspecified atom stereocenters. The first kappa shape index (κ1) is 29.0. The number of aromatic nitrogens is 2. The van der Waals surface area contributed by atoms with Crippen molar-refractivity contribution in [1.29, 1.82) is 0 Å². The summed E-state index contributed by atoms with van der Waals surface area (Å²) in [7, 11) is 3.87. The Morgan fingerprint density at radius 2 is 1.41 bits per heavy atom. The van der Waals surface area contributed by atoms with E-state index < -0.39 is 5.97 Å². The first-order valence-electron chi connectivity index (χ1n) is 8.10. The van der Waals surface area contributed by atoms with Crippen molar-refractivity contribution >= 4 is 11.9 Å². The molecular formula is C21H36N2O4+2. The van der Waals surface area contributed by atoms with Crippen LogP contribution in [0.3, 0.4) is 0 Å². The van der Waals surface area contributed by atoms with E-state index in [4.69, 9.17) is 9.84 Å². The Morgan fingerprint density at radius 1 is 0.926 bits per heavy atom. The largest absolute Gasteiger partial charge is 0.481 e. The monoisotopic (exact) mass is 380 g/mol. The zero-order chi connectivity index (χ0) is 19.2. The Balaban J connectivity index is -0.000000337. The molecule has 0 saturated carbocycles. The van der Waals surface area contributed by atoms with Crippen LogP contribution in [0, 0.1) is 6.92 Å². The van der Waals surface area contributed by atoms with Crippen molar-refractivity contribution < 1.29 is 28.6 Å². The van der Waals surface area contributed by atoms with Gasteiger partial charge in [0.2, 0.25) is 0 Å². The van der Waals surface area contributed by atoms with Crippen LogP contribution in [0.2, 0.25) is 0 Å². The molecule has 0 aliphatic heterocycles. The molecule has 6 heteroatoms. The summed E-state index contributed by atoms with van der Waals surface area (Å²) in [6.07, 6.45) is 4.49. The third-order valence-corrected chi connectivity index (χ3v) is 3.13. The smallest absolute Gasteiger partial charge is 0.375 e. The molecule has 0 aromatic carbocycles. The zero-order valence-corrected chi connectivity index (χ0v) is 15.6. The van der Waals surface area contributed by atoms with Gasteiger partial charge in [0, 0.05) is 38.0 Å². The van der Waals surface area contributed by atoms with Crippen LogP contribution in [-0.4, -0.2) is 17.0 Å². The van der Waals surface area contributed by atoms with Gasteiger partial charge in [-0.1, -0.05) is 34.8 Å². The maximum absolute atomic E-state index is 10.9. The second kappa shape index (κ2) is 16.7. The Bertz CT molecular complexity index is 652. The fourth-order valence-electron chi connectivity index (χ4n) is 1.41. The summed E-state index contributed by atoms with van der Waals surface area (Å²) < 4.78 is 8.86. The van der Waals surface area contributed by atoms with Crippen LogP contribution < -0.4 is 13.9 Å². The van der Waals surface area contributed by atoms with Crippen molar-refractivity contribution in [2.45, 2.75) is 48.5 Å². The third-order valence-electron chi connectivity index (χ3n) is 3.13. The van der Waals surface area contributed by atoms with E-state index >= 15 is 0 Å². The number of nitrogens with zero attached hydrogens (tertiary/aromatic N) is 2. The van der Waals surface area contributed by atoms with Crippen molar-refractivity contribution in [1.82, 2.24) is 0 Å². The minimum atomic E-state index is -0.745. The van der Waals surface area contributed by atoms with Gasteiger partial charge in [-0.15, -0.1) is 0 Å². The highest BCUT2D eigenvalue weighted by atomic mass is 16.5. The highest BCUT2D eigenvalue weighted by Gasteiger charge is 2.09. The Morgan fingerprint density at radius 3 is 1.74 bits per heavy atom. The molecule has 0 amide bonds. The predicted octanol–water partition coefficient (Wildman–Crippen LogP) is 3.40. The number of carbonyl (C=O) groups is 2. The number of carbonyl (C=O) groups excluding carboxylic acids is 1. The lowest BCUT2D eigenvalue weighted by Crippen LogP contribution is -2.31. The summed E-state index contributed by atoms with van der Waals surface area (Å²) in [4.78, 5) is 20.3. The van der Waals surface area contributed by atoms with Crippen LogP contribution in [0.1, 0.15) is 47.2 Å². The molecule has 0 radical (unpaired) electrons. The minimum absolute atomic E-state index is 0. The Hall–Kier alpha value is -2.76. The normalized spacial score (nSPS) is 8.33. The molecule has 0 atom stereocenters. The Labute approximate surface area is 164 Å². The van der Waals surface area contributed by atoms with E-state index in [1.807, 2.05) is 50.8 Å². The minimum Gasteiger partial charge on any atom is -0.481 e. The van der Waals surface area contributed by atoms with Gasteiger partial charge < -0.3 is 9.84 Å². The molecule has 0 fully saturated rings. The first-order chi connectivity index (χ1) is 11.8. The molecule has 2 aromatic rings. The second-order valence-corrected chi connectivity index (χ2v) is 5.18. The molecule has 0 saturated heterocycles. The van der Waals surface area contributed by atoms with E-state index in [0.29, 0.717) is 12.3 Å². The number of pyridine rings is 2. The molecule has 1 N–H and O–H groups in total. The van der Waals surface area contributed by atoms with E-state index in [2.05, 4.69) is 17.6 Å². The van der Waals surface area contributed by atoms with Crippen LogP contribution in [0.15, 0.2) is 48.8 Å². The topological polar surface area (TPSA) is 71.4 Å². The van der Waals surface area contributed by atoms with E-state index in [1.54, 1.807) is 24.5 Å². The van der Waals surface area contributed by atoms with Gasteiger partial charge >= 0.3 is 17.8 Å². The van der Waals surface area contributed by atoms with Gasteiger partial charge in [0.25, 0.3) is 0 Å². The maximum Gasteiger partial charge on any atom is 0.375 e. The van der Waals surface area contributed by atoms with Gasteiger partial charge in [0.15, 0.2) is 18.1 Å². The van der Waals surface area contributed by atoms with Gasteiger partial charge in [-0.3, -0.25) is 9.59 Å². The molecule has 0 aliphatic rings. The average Bonchev–Trinajstić information content (AvgIpc) is 2.60. The predicted molar refractivity (Wildman–Crippen MR) is 107 cm³/mol. The lowest BCUT2D eigenvalue weighted by molar-refractivity contribution is -0.677. The summed E-state index contributed by atoms with van der Waals surface area (Å²) in [5, 5.41) is 7.72. The number of hydrogen-bond acceptors (Lipinski definition) is 3. The summed E-state index contributed by atoms with van der Waals surface area (Å²) in [6, 6.07) is 11.6. The number of rotatable bonds is 3. The molecule has 0 bridgehead atoms. The van der Waals surface area contributed by atoms with Crippen molar-refractivity contribution in [2.24, 2.45) is 14.1 Å². The van der Waals surface area contributed by atoms with E-state index in [-0.39, 0.29) is 27.2 Å². The Kier molecular flexibility index (Phi) is 17.9. The van der Waals surface area contributed by atoms with Gasteiger partial charge in [0.05, 0.1) is 6.07 Å². The van der Waals surface area contributed by atoms with Crippen LogP contribution in [0.4, 0.5) is 0 Å². The molecule has 0 spiro atoms. The van der Waals surface area contributed by atoms with Crippen molar-refractivity contribution in [3.05, 3.63) is 54.5 Å². The number of aryl methyl sites for hydroxylation is 3. The highest BCUT2D eigenvalue weighted by molar-refractivity contribution is 5.71. The van der Waals surface area contributed by atoms with E-state index in [9.17, 15) is 9.59 Å². The molecule has 152 valence electrons. The first-order valence-corrected chi connectivity index (χ1v) is 8.10. The van der Waals surface area contributed by atoms with Gasteiger partial charge in [0.1, 0.15) is 14.1 Å². The fraction of sp³-hybridized carbons (Fsp3) is 0.429. The van der Waals surface area contributed by atoms with Crippen LogP contribution in [-0.2, 0) is 23.7 Å². The van der Waals surface area contributed by atoms with Crippen molar-refractivity contribution in [2.75, 3.05) is 0 Å². The molecule has 2 aromatic heterocycles. The number of carboxylic acid groups (broad SMARTS) is 1. The SMILES string of the molecule is C.C.CCC(=O)O.CCC(=O)Oc1cccc[n+]1C.Cc1cccc[n+]1C. The molecule has 2 rings (SSSR count). The number of esters is 1. The molecular weight excluding hydrogens is 344 g/mol. The number of ether oxygens (including phenoxy) is 1. The summed E-state index contributed by atoms with van der Waals surface area (Å²) in [5.74, 6) is -0.383. The summed E-state index contributed by atoms with van der Waals surface area (Å²) >= 11 is 0. The summed E-state index contributed by atoms with van der Waals surface area (Å²) in [5.41, 5.74) is 1.28. The summed E-state index contributed by atoms with van der Waals surface area (Å²) in [6.45, 7) is 5.45. The van der Waals surface area contributed by atoms with Gasteiger partial charge in [-0.25, -0.2) is 4.57 Å². The quantitative estimate of drug-likeness (QED) is 0.654. The van der Waals surface area contributed by atoms with Gasteiger partial charge in [-0.2, -0.15) is 4.57 Å². The highest BCUT2D eigenvalue weighted by Crippen LogP contribution is 2.01. The second-order valence-electron chi connectivity index (χ2n) is 5.18. The van der Waals surface area contributed by atoms with Crippen LogP contribution in [0.25, 0.3) is 0 Å². The molecule has 27 heavy (non-hydrogen) atoms. The number of aliphatic carboxylic acids is 1. The van der Waals surface area contributed by atoms with Crippen LogP contribution >= 0.6 is 0 Å². The fourth-order valence-corrected chi connectivity index (χ4v) is 1.41. The number of carboxylic acids is 1. The third kappa shape index (κ3) is 14.1. The lowest BCUT2D eigenvalue weighted by Gasteiger charge is -1.98. The van der Waals surface area contributed by atoms with Crippen molar-refractivity contribution in [3.63, 3.8) is 0 Å². The average molecular weight is 381 g/mol. The van der Waals surface area contributed by atoms with Gasteiger partial charge in [-0.05, 0) is 6.07 Å². The van der Waals surface area contributed by atoms with Crippen molar-refractivity contribution in [3.8, 4) is 5.88 Å².